The van der Waals surface area contributed by atoms with E-state index in [-0.39, 0.29) is 23.2 Å². The zero-order valence-corrected chi connectivity index (χ0v) is 18.5. The van der Waals surface area contributed by atoms with Crippen LogP contribution < -0.4 is 0 Å². The van der Waals surface area contributed by atoms with Crippen LogP contribution in [0.25, 0.3) is 0 Å². The highest BCUT2D eigenvalue weighted by atomic mass is 32.1. The van der Waals surface area contributed by atoms with Crippen LogP contribution in [-0.2, 0) is 29.7 Å². The fraction of sp³-hybridized carbons (Fsp3) is 0.727. The Labute approximate surface area is 176 Å². The van der Waals surface area contributed by atoms with E-state index in [4.69, 9.17) is 4.74 Å². The number of ether oxygens (including phenoxy) is 1. The van der Waals surface area contributed by atoms with Crippen LogP contribution in [0.2, 0.25) is 0 Å². The topological polar surface area (TPSA) is 63.4 Å². The number of nitrogens with zero attached hydrogens (tertiary/aromatic N) is 4. The molecule has 1 N–H and O–H groups in total. The molecule has 2 aromatic heterocycles. The zero-order chi connectivity index (χ0) is 20.2. The van der Waals surface area contributed by atoms with Crippen LogP contribution in [0.15, 0.2) is 12.3 Å². The standard InChI is InChI=1S/C22H32N4O2S/c1-4-16-11-17-18(29-16)5-10-28-22(17)6-8-25(9-7-22)13-15-14-26(24-23-15)19-12-20(27)21(19,2)3/h11,14,19-20,27H,4-10,12-13H2,1-3H3. The third-order valence-electron chi connectivity index (χ3n) is 7.50. The number of aliphatic hydroxyl groups excluding tert-OH is 1. The van der Waals surface area contributed by atoms with Crippen molar-refractivity contribution >= 4 is 11.3 Å². The SMILES string of the molecule is CCc1cc2c(s1)CCOC21CCN(Cc2cn(C3CC(O)C3(C)C)nn2)CC1. The molecular weight excluding hydrogens is 384 g/mol. The summed E-state index contributed by atoms with van der Waals surface area (Å²) in [6, 6.07) is 2.65. The first-order chi connectivity index (χ1) is 13.9. The number of piperidine rings is 1. The Balaban J connectivity index is 1.23. The summed E-state index contributed by atoms with van der Waals surface area (Å²) >= 11 is 1.99. The van der Waals surface area contributed by atoms with E-state index in [1.807, 2.05) is 16.0 Å². The van der Waals surface area contributed by atoms with E-state index in [1.54, 1.807) is 4.88 Å². The van der Waals surface area contributed by atoms with Gasteiger partial charge in [-0.05, 0) is 37.3 Å². The number of thiophene rings is 1. The summed E-state index contributed by atoms with van der Waals surface area (Å²) in [5.41, 5.74) is 2.29. The van der Waals surface area contributed by atoms with Crippen LogP contribution in [-0.4, -0.2) is 50.8 Å². The molecule has 7 heteroatoms. The highest BCUT2D eigenvalue weighted by Gasteiger charge is 2.49. The molecule has 0 aromatic carbocycles. The van der Waals surface area contributed by atoms with Crippen molar-refractivity contribution in [3.05, 3.63) is 33.3 Å². The van der Waals surface area contributed by atoms with Crippen molar-refractivity contribution in [3.8, 4) is 0 Å². The minimum atomic E-state index is -0.246. The predicted molar refractivity (Wildman–Crippen MR) is 113 cm³/mol. The molecule has 2 aromatic rings. The van der Waals surface area contributed by atoms with Gasteiger partial charge in [-0.1, -0.05) is 26.0 Å². The van der Waals surface area contributed by atoms with Crippen molar-refractivity contribution in [2.75, 3.05) is 19.7 Å². The Hall–Kier alpha value is -1.28. The Morgan fingerprint density at radius 3 is 2.79 bits per heavy atom. The maximum Gasteiger partial charge on any atom is 0.0967 e. The molecule has 0 amide bonds. The maximum absolute atomic E-state index is 10.0. The first-order valence-corrected chi connectivity index (χ1v) is 11.8. The van der Waals surface area contributed by atoms with Gasteiger partial charge in [0.15, 0.2) is 0 Å². The van der Waals surface area contributed by atoms with Gasteiger partial charge in [-0.25, -0.2) is 4.68 Å². The Bertz CT molecular complexity index is 881. The fourth-order valence-electron chi connectivity index (χ4n) is 5.23. The average molecular weight is 417 g/mol. The van der Waals surface area contributed by atoms with E-state index in [2.05, 4.69) is 48.2 Å². The molecule has 2 fully saturated rings. The van der Waals surface area contributed by atoms with Crippen LogP contribution in [0.1, 0.15) is 67.1 Å². The van der Waals surface area contributed by atoms with Gasteiger partial charge in [0.25, 0.3) is 0 Å². The van der Waals surface area contributed by atoms with E-state index in [0.29, 0.717) is 0 Å². The van der Waals surface area contributed by atoms with E-state index in [0.717, 1.165) is 64.0 Å². The Morgan fingerprint density at radius 2 is 2.10 bits per heavy atom. The number of rotatable bonds is 4. The summed E-state index contributed by atoms with van der Waals surface area (Å²) in [5.74, 6) is 0. The van der Waals surface area contributed by atoms with Gasteiger partial charge in [0.1, 0.15) is 0 Å². The second-order valence-electron chi connectivity index (χ2n) is 9.55. The highest BCUT2D eigenvalue weighted by Crippen LogP contribution is 2.49. The van der Waals surface area contributed by atoms with E-state index < -0.39 is 0 Å². The van der Waals surface area contributed by atoms with Crippen molar-refractivity contribution in [2.45, 2.75) is 77.2 Å². The lowest BCUT2D eigenvalue weighted by molar-refractivity contribution is -0.0982. The molecule has 1 spiro atoms. The molecule has 5 rings (SSSR count). The highest BCUT2D eigenvalue weighted by molar-refractivity contribution is 7.12. The van der Waals surface area contributed by atoms with Crippen LogP contribution in [0.3, 0.4) is 0 Å². The molecule has 29 heavy (non-hydrogen) atoms. The number of aliphatic hydroxyl groups is 1. The van der Waals surface area contributed by atoms with Crippen molar-refractivity contribution in [3.63, 3.8) is 0 Å². The summed E-state index contributed by atoms with van der Waals surface area (Å²) in [4.78, 5) is 5.52. The Kier molecular flexibility index (Phi) is 4.85. The smallest absolute Gasteiger partial charge is 0.0967 e. The summed E-state index contributed by atoms with van der Waals surface area (Å²) in [6.07, 6.45) is 6.88. The van der Waals surface area contributed by atoms with Crippen LogP contribution in [0.5, 0.6) is 0 Å². The minimum Gasteiger partial charge on any atom is -0.392 e. The number of aryl methyl sites for hydroxylation is 1. The van der Waals surface area contributed by atoms with Crippen molar-refractivity contribution in [1.82, 2.24) is 19.9 Å². The minimum absolute atomic E-state index is 0.0717. The van der Waals surface area contributed by atoms with Crippen molar-refractivity contribution in [2.24, 2.45) is 5.41 Å². The van der Waals surface area contributed by atoms with Gasteiger partial charge < -0.3 is 9.84 Å². The summed E-state index contributed by atoms with van der Waals surface area (Å²) < 4.78 is 8.36. The lowest BCUT2D eigenvalue weighted by atomic mass is 9.65. The fourth-order valence-corrected chi connectivity index (χ4v) is 6.41. The van der Waals surface area contributed by atoms with E-state index >= 15 is 0 Å². The van der Waals surface area contributed by atoms with Gasteiger partial charge in [0.05, 0.1) is 36.2 Å². The number of hydrogen-bond donors (Lipinski definition) is 1. The van der Waals surface area contributed by atoms with Gasteiger partial charge >= 0.3 is 0 Å². The molecule has 6 nitrogen and oxygen atoms in total. The van der Waals surface area contributed by atoms with E-state index in [1.165, 1.54) is 10.4 Å². The first kappa shape index (κ1) is 19.7. The maximum atomic E-state index is 10.0. The molecule has 3 aliphatic rings. The molecule has 1 aliphatic carbocycles. The molecule has 0 bridgehead atoms. The summed E-state index contributed by atoms with van der Waals surface area (Å²) in [6.45, 7) is 10.2. The molecular formula is C22H32N4O2S. The average Bonchev–Trinajstić information content (AvgIpc) is 3.35. The molecule has 2 atom stereocenters. The van der Waals surface area contributed by atoms with Gasteiger partial charge in [-0.15, -0.1) is 16.4 Å². The number of aromatic nitrogens is 3. The predicted octanol–water partition coefficient (Wildman–Crippen LogP) is 3.30. The largest absolute Gasteiger partial charge is 0.392 e. The third-order valence-corrected chi connectivity index (χ3v) is 8.84. The molecule has 2 aliphatic heterocycles. The van der Waals surface area contributed by atoms with Crippen LogP contribution in [0.4, 0.5) is 0 Å². The molecule has 1 saturated carbocycles. The second kappa shape index (κ2) is 7.15. The zero-order valence-electron chi connectivity index (χ0n) is 17.7. The van der Waals surface area contributed by atoms with E-state index in [9.17, 15) is 5.11 Å². The lowest BCUT2D eigenvalue weighted by Gasteiger charge is -2.48. The molecule has 2 unspecified atom stereocenters. The number of likely N-dealkylation sites (tertiary alicyclic amines) is 1. The quantitative estimate of drug-likeness (QED) is 0.829. The van der Waals surface area contributed by atoms with Crippen LogP contribution >= 0.6 is 11.3 Å². The van der Waals surface area contributed by atoms with Crippen LogP contribution in [0, 0.1) is 5.41 Å². The molecule has 0 radical (unpaired) electrons. The number of hydrogen-bond acceptors (Lipinski definition) is 6. The summed E-state index contributed by atoms with van der Waals surface area (Å²) in [5, 5.41) is 18.8. The normalized spacial score (nSPS) is 28.3. The summed E-state index contributed by atoms with van der Waals surface area (Å²) in [7, 11) is 0. The van der Waals surface area contributed by atoms with Gasteiger partial charge in [0.2, 0.25) is 0 Å². The van der Waals surface area contributed by atoms with Crippen molar-refractivity contribution in [1.29, 1.82) is 0 Å². The molecule has 158 valence electrons. The second-order valence-corrected chi connectivity index (χ2v) is 10.8. The number of fused-ring (bicyclic) bond motifs is 2. The molecule has 1 saturated heterocycles. The van der Waals surface area contributed by atoms with Crippen molar-refractivity contribution < 1.29 is 9.84 Å². The van der Waals surface area contributed by atoms with Gasteiger partial charge in [-0.3, -0.25) is 4.90 Å². The van der Waals surface area contributed by atoms with Gasteiger partial charge in [0, 0.05) is 41.2 Å². The lowest BCUT2D eigenvalue weighted by Crippen LogP contribution is -2.50. The molecule has 4 heterocycles. The van der Waals surface area contributed by atoms with Gasteiger partial charge in [-0.2, -0.15) is 0 Å². The monoisotopic (exact) mass is 416 g/mol. The first-order valence-electron chi connectivity index (χ1n) is 11.0. The Morgan fingerprint density at radius 1 is 1.31 bits per heavy atom. The third kappa shape index (κ3) is 3.26.